The second-order valence-corrected chi connectivity index (χ2v) is 8.50. The van der Waals surface area contributed by atoms with Crippen LogP contribution in [0.3, 0.4) is 0 Å². The molecule has 1 aliphatic rings. The fourth-order valence-corrected chi connectivity index (χ4v) is 6.20. The van der Waals surface area contributed by atoms with Gasteiger partial charge in [-0.3, -0.25) is 0 Å². The van der Waals surface area contributed by atoms with Crippen molar-refractivity contribution in [3.05, 3.63) is 33.8 Å². The van der Waals surface area contributed by atoms with E-state index in [1.807, 2.05) is 17.5 Å². The van der Waals surface area contributed by atoms with Crippen molar-refractivity contribution >= 4 is 38.4 Å². The number of nitrogen functional groups attached to an aromatic ring is 1. The molecule has 1 unspecified atom stereocenters. The average Bonchev–Trinajstić information content (AvgIpc) is 3.09. The van der Waals surface area contributed by atoms with E-state index < -0.39 is 10.0 Å². The van der Waals surface area contributed by atoms with E-state index in [1.54, 1.807) is 27.1 Å². The normalized spacial score (nSPS) is 20.9. The van der Waals surface area contributed by atoms with Gasteiger partial charge in [-0.1, -0.05) is 6.07 Å². The largest absolute Gasteiger partial charge is 0.398 e. The van der Waals surface area contributed by atoms with Crippen molar-refractivity contribution in [3.8, 4) is 0 Å². The Morgan fingerprint density at radius 1 is 1.37 bits per heavy atom. The number of hydrogen-bond donors (Lipinski definition) is 1. The zero-order valence-electron chi connectivity index (χ0n) is 10.2. The van der Waals surface area contributed by atoms with Gasteiger partial charge in [0.2, 0.25) is 0 Å². The molecular formula is C12H14N2O2S3. The van der Waals surface area contributed by atoms with E-state index >= 15 is 0 Å². The first-order valence-corrected chi connectivity index (χ1v) is 9.18. The van der Waals surface area contributed by atoms with Crippen LogP contribution in [0, 0.1) is 0 Å². The Balaban J connectivity index is 1.96. The minimum Gasteiger partial charge on any atom is -0.398 e. The van der Waals surface area contributed by atoms with Crippen molar-refractivity contribution in [1.82, 2.24) is 4.31 Å². The van der Waals surface area contributed by atoms with Crippen molar-refractivity contribution in [2.75, 3.05) is 12.3 Å². The molecular weight excluding hydrogens is 300 g/mol. The van der Waals surface area contributed by atoms with E-state index in [1.165, 1.54) is 11.3 Å². The minimum atomic E-state index is -3.41. The third kappa shape index (κ3) is 2.31. The van der Waals surface area contributed by atoms with E-state index in [2.05, 4.69) is 0 Å². The summed E-state index contributed by atoms with van der Waals surface area (Å²) >= 11 is 2.80. The molecule has 0 aliphatic carbocycles. The van der Waals surface area contributed by atoms with Crippen LogP contribution in [-0.2, 0) is 10.0 Å². The van der Waals surface area contributed by atoms with Crippen LogP contribution >= 0.6 is 22.7 Å². The molecule has 3 heterocycles. The number of thiophene rings is 2. The second kappa shape index (κ2) is 4.90. The molecule has 1 saturated heterocycles. The Labute approximate surface area is 120 Å². The first kappa shape index (κ1) is 13.1. The van der Waals surface area contributed by atoms with Gasteiger partial charge < -0.3 is 5.73 Å². The summed E-state index contributed by atoms with van der Waals surface area (Å²) in [5, 5.41) is 3.66. The Kier molecular flexibility index (Phi) is 3.38. The van der Waals surface area contributed by atoms with E-state index in [-0.39, 0.29) is 6.04 Å². The van der Waals surface area contributed by atoms with E-state index in [4.69, 9.17) is 5.73 Å². The highest BCUT2D eigenvalue weighted by Crippen LogP contribution is 2.39. The van der Waals surface area contributed by atoms with E-state index in [9.17, 15) is 8.42 Å². The van der Waals surface area contributed by atoms with Gasteiger partial charge in [0.1, 0.15) is 4.21 Å². The summed E-state index contributed by atoms with van der Waals surface area (Å²) in [6.45, 7) is 0.586. The maximum absolute atomic E-state index is 12.6. The lowest BCUT2D eigenvalue weighted by atomic mass is 10.2. The molecule has 19 heavy (non-hydrogen) atoms. The molecule has 2 aromatic heterocycles. The van der Waals surface area contributed by atoms with Crippen molar-refractivity contribution in [3.63, 3.8) is 0 Å². The van der Waals surface area contributed by atoms with Crippen molar-refractivity contribution in [2.45, 2.75) is 23.1 Å². The molecule has 3 rings (SSSR count). The third-order valence-electron chi connectivity index (χ3n) is 3.23. The Hall–Kier alpha value is -0.890. The highest BCUT2D eigenvalue weighted by Gasteiger charge is 2.37. The Morgan fingerprint density at radius 2 is 2.21 bits per heavy atom. The molecule has 0 saturated carbocycles. The van der Waals surface area contributed by atoms with E-state index in [0.29, 0.717) is 16.4 Å². The van der Waals surface area contributed by atoms with Crippen LogP contribution in [0.15, 0.2) is 33.2 Å². The first-order valence-electron chi connectivity index (χ1n) is 5.98. The first-order chi connectivity index (χ1) is 9.09. The molecule has 2 N–H and O–H groups in total. The van der Waals surface area contributed by atoms with Crippen LogP contribution < -0.4 is 5.73 Å². The highest BCUT2D eigenvalue weighted by molar-refractivity contribution is 7.91. The molecule has 1 atom stereocenters. The summed E-state index contributed by atoms with van der Waals surface area (Å²) in [6, 6.07) is 5.50. The van der Waals surface area contributed by atoms with Crippen molar-refractivity contribution in [1.29, 1.82) is 0 Å². The predicted molar refractivity (Wildman–Crippen MR) is 78.9 cm³/mol. The molecule has 0 amide bonds. The van der Waals surface area contributed by atoms with Gasteiger partial charge in [-0.25, -0.2) is 8.42 Å². The molecule has 7 heteroatoms. The smallest absolute Gasteiger partial charge is 0.253 e. The average molecular weight is 314 g/mol. The van der Waals surface area contributed by atoms with Crippen LogP contribution in [0.4, 0.5) is 5.69 Å². The fourth-order valence-electron chi connectivity index (χ4n) is 2.37. The number of hydrogen-bond acceptors (Lipinski definition) is 5. The second-order valence-electron chi connectivity index (χ2n) is 4.49. The fraction of sp³-hybridized carbons (Fsp3) is 0.333. The van der Waals surface area contributed by atoms with E-state index in [0.717, 1.165) is 17.7 Å². The monoisotopic (exact) mass is 314 g/mol. The molecule has 0 aromatic carbocycles. The van der Waals surface area contributed by atoms with Crippen LogP contribution in [0.25, 0.3) is 0 Å². The summed E-state index contributed by atoms with van der Waals surface area (Å²) < 4.78 is 27.2. The third-order valence-corrected chi connectivity index (χ3v) is 7.55. The van der Waals surface area contributed by atoms with Gasteiger partial charge in [-0.15, -0.1) is 22.7 Å². The van der Waals surface area contributed by atoms with Crippen molar-refractivity contribution < 1.29 is 8.42 Å². The lowest BCUT2D eigenvalue weighted by Gasteiger charge is -2.22. The number of nitrogens with two attached hydrogens (primary N) is 1. The van der Waals surface area contributed by atoms with Crippen LogP contribution in [0.5, 0.6) is 0 Å². The summed E-state index contributed by atoms with van der Waals surface area (Å²) in [4.78, 5) is 1.12. The van der Waals surface area contributed by atoms with Crippen molar-refractivity contribution in [2.24, 2.45) is 0 Å². The predicted octanol–water partition coefficient (Wildman–Crippen LogP) is 2.92. The van der Waals surface area contributed by atoms with Crippen LogP contribution in [-0.4, -0.2) is 19.3 Å². The summed E-state index contributed by atoms with van der Waals surface area (Å²) in [7, 11) is -3.41. The number of anilines is 1. The van der Waals surface area contributed by atoms with Gasteiger partial charge in [0, 0.05) is 22.5 Å². The molecule has 102 valence electrons. The maximum atomic E-state index is 12.6. The van der Waals surface area contributed by atoms with Gasteiger partial charge in [0.05, 0.1) is 6.04 Å². The minimum absolute atomic E-state index is 0.0201. The standard InChI is InChI=1S/C12H14N2O2S3/c13-9-7-12(18-8-9)19(15,16)14-5-1-3-10(14)11-4-2-6-17-11/h2,4,6-8,10H,1,3,5,13H2. The summed E-state index contributed by atoms with van der Waals surface area (Å²) in [5.74, 6) is 0. The summed E-state index contributed by atoms with van der Waals surface area (Å²) in [5.41, 5.74) is 6.14. The SMILES string of the molecule is Nc1csc(S(=O)(=O)N2CCCC2c2cccs2)c1. The molecule has 2 aromatic rings. The van der Waals surface area contributed by atoms with Gasteiger partial charge in [-0.2, -0.15) is 4.31 Å². The molecule has 0 radical (unpaired) electrons. The highest BCUT2D eigenvalue weighted by atomic mass is 32.2. The lowest BCUT2D eigenvalue weighted by molar-refractivity contribution is 0.402. The molecule has 4 nitrogen and oxygen atoms in total. The number of sulfonamides is 1. The molecule has 1 fully saturated rings. The van der Waals surface area contributed by atoms with Gasteiger partial charge >= 0.3 is 0 Å². The quantitative estimate of drug-likeness (QED) is 0.947. The van der Waals surface area contributed by atoms with Crippen LogP contribution in [0.2, 0.25) is 0 Å². The van der Waals surface area contributed by atoms with Gasteiger partial charge in [-0.05, 0) is 30.4 Å². The zero-order chi connectivity index (χ0) is 13.5. The number of nitrogens with zero attached hydrogens (tertiary/aromatic N) is 1. The van der Waals surface area contributed by atoms with Gasteiger partial charge in [0.25, 0.3) is 10.0 Å². The molecule has 1 aliphatic heterocycles. The Bertz CT molecular complexity index is 661. The summed E-state index contributed by atoms with van der Waals surface area (Å²) in [6.07, 6.45) is 1.79. The van der Waals surface area contributed by atoms with Gasteiger partial charge in [0.15, 0.2) is 0 Å². The maximum Gasteiger partial charge on any atom is 0.253 e. The zero-order valence-corrected chi connectivity index (χ0v) is 12.6. The molecule has 0 bridgehead atoms. The Morgan fingerprint density at radius 3 is 2.84 bits per heavy atom. The lowest BCUT2D eigenvalue weighted by Crippen LogP contribution is -2.29. The topological polar surface area (TPSA) is 63.4 Å². The molecule has 0 spiro atoms. The van der Waals surface area contributed by atoms with Crippen LogP contribution in [0.1, 0.15) is 23.8 Å². The number of rotatable bonds is 3.